The molecule has 186 valence electrons. The van der Waals surface area contributed by atoms with Crippen molar-refractivity contribution in [2.24, 2.45) is 5.92 Å². The molecule has 0 radical (unpaired) electrons. The molecule has 0 spiro atoms. The minimum Gasteiger partial charge on any atom is -0.469 e. The summed E-state index contributed by atoms with van der Waals surface area (Å²) in [6.07, 6.45) is 24.8. The standard InChI is InChI=1S/C30H43NO3/c1-6-8-10-14-27(15-13-18-29(32)34-5)22-24-31(30(33)28-16-11-9-12-17-28)23-21-26(4)20-19-25(3)7-2/h6,8,10,13,15,19-20,22,24,28H,7,9,11-12,16-18,21,23H2,1-5H3/b8-6-,15-13?,24-22+,25-19-,26-20+. The highest BCUT2D eigenvalue weighted by molar-refractivity contribution is 5.80. The average Bonchev–Trinajstić information content (AvgIpc) is 2.86. The first-order valence-electron chi connectivity index (χ1n) is 12.5. The van der Waals surface area contributed by atoms with Crippen LogP contribution in [0.2, 0.25) is 0 Å². The summed E-state index contributed by atoms with van der Waals surface area (Å²) in [5, 5.41) is 0. The predicted octanol–water partition coefficient (Wildman–Crippen LogP) is 7.38. The Morgan fingerprint density at radius 3 is 2.41 bits per heavy atom. The van der Waals surface area contributed by atoms with Crippen molar-refractivity contribution in [2.45, 2.75) is 79.1 Å². The highest BCUT2D eigenvalue weighted by Gasteiger charge is 2.24. The molecule has 0 aromatic rings. The summed E-state index contributed by atoms with van der Waals surface area (Å²) in [5.41, 5.74) is 6.60. The van der Waals surface area contributed by atoms with Crippen molar-refractivity contribution in [3.63, 3.8) is 0 Å². The van der Waals surface area contributed by atoms with Gasteiger partial charge in [0.1, 0.15) is 0 Å². The van der Waals surface area contributed by atoms with E-state index in [0.717, 1.165) is 44.1 Å². The molecule has 1 fully saturated rings. The molecule has 0 aliphatic heterocycles. The van der Waals surface area contributed by atoms with Gasteiger partial charge in [0.25, 0.3) is 0 Å². The fourth-order valence-corrected chi connectivity index (χ4v) is 3.55. The van der Waals surface area contributed by atoms with Gasteiger partial charge in [-0.3, -0.25) is 9.59 Å². The minimum atomic E-state index is -0.291. The number of nitrogens with zero attached hydrogens (tertiary/aromatic N) is 1. The first kappa shape index (κ1) is 29.2. The van der Waals surface area contributed by atoms with Gasteiger partial charge in [0.05, 0.1) is 13.5 Å². The van der Waals surface area contributed by atoms with Crippen LogP contribution in [0, 0.1) is 5.92 Å². The second-order valence-corrected chi connectivity index (χ2v) is 8.79. The maximum Gasteiger partial charge on any atom is 0.309 e. The number of esters is 1. The Bertz CT molecular complexity index is 857. The molecule has 0 unspecified atom stereocenters. The molecule has 0 atom stereocenters. The molecule has 1 amide bonds. The van der Waals surface area contributed by atoms with Gasteiger partial charge in [-0.25, -0.2) is 0 Å². The zero-order valence-corrected chi connectivity index (χ0v) is 21.8. The summed E-state index contributed by atoms with van der Waals surface area (Å²) >= 11 is 0. The van der Waals surface area contributed by atoms with E-state index >= 15 is 0 Å². The molecule has 0 aromatic carbocycles. The summed E-state index contributed by atoms with van der Waals surface area (Å²) in [6, 6.07) is 0. The topological polar surface area (TPSA) is 46.6 Å². The third kappa shape index (κ3) is 12.4. The second kappa shape index (κ2) is 17.6. The molecule has 34 heavy (non-hydrogen) atoms. The number of methoxy groups -OCH3 is 1. The first-order valence-corrected chi connectivity index (χ1v) is 12.5. The van der Waals surface area contributed by atoms with E-state index in [-0.39, 0.29) is 24.2 Å². The van der Waals surface area contributed by atoms with Gasteiger partial charge in [0.2, 0.25) is 5.91 Å². The zero-order valence-electron chi connectivity index (χ0n) is 21.8. The van der Waals surface area contributed by atoms with Crippen LogP contribution in [0.1, 0.15) is 79.1 Å². The predicted molar refractivity (Wildman–Crippen MR) is 142 cm³/mol. The molecule has 1 rings (SSSR count). The summed E-state index contributed by atoms with van der Waals surface area (Å²) in [7, 11) is 1.38. The Morgan fingerprint density at radius 2 is 1.76 bits per heavy atom. The van der Waals surface area contributed by atoms with Gasteiger partial charge in [-0.15, -0.1) is 5.73 Å². The lowest BCUT2D eigenvalue weighted by Gasteiger charge is -2.27. The number of allylic oxidation sites excluding steroid dienone is 8. The molecule has 1 aliphatic carbocycles. The Labute approximate surface area is 207 Å². The van der Waals surface area contributed by atoms with E-state index in [1.807, 2.05) is 48.4 Å². The molecule has 0 aromatic heterocycles. The lowest BCUT2D eigenvalue weighted by atomic mass is 9.88. The van der Waals surface area contributed by atoms with Gasteiger partial charge < -0.3 is 9.64 Å². The number of carbonyl (C=O) groups is 2. The lowest BCUT2D eigenvalue weighted by Crippen LogP contribution is -2.34. The number of rotatable bonds is 12. The molecule has 4 nitrogen and oxygen atoms in total. The zero-order chi connectivity index (χ0) is 25.2. The molecule has 4 heteroatoms. The molecule has 1 aliphatic rings. The number of carbonyl (C=O) groups excluding carboxylic acids is 2. The third-order valence-corrected chi connectivity index (χ3v) is 5.98. The Hall–Kier alpha value is -2.84. The van der Waals surface area contributed by atoms with Crippen molar-refractivity contribution in [3.05, 3.63) is 77.3 Å². The normalized spacial score (nSPS) is 15.7. The highest BCUT2D eigenvalue weighted by Crippen LogP contribution is 2.26. The number of amides is 1. The van der Waals surface area contributed by atoms with Crippen LogP contribution >= 0.6 is 0 Å². The van der Waals surface area contributed by atoms with E-state index in [2.05, 4.69) is 38.7 Å². The van der Waals surface area contributed by atoms with Crippen molar-refractivity contribution in [3.8, 4) is 0 Å². The fraction of sp³-hybridized carbons (Fsp3) is 0.500. The van der Waals surface area contributed by atoms with Gasteiger partial charge >= 0.3 is 5.97 Å². The lowest BCUT2D eigenvalue weighted by molar-refractivity contribution is -0.139. The quantitative estimate of drug-likeness (QED) is 0.172. The van der Waals surface area contributed by atoms with Crippen LogP contribution in [0.15, 0.2) is 77.3 Å². The van der Waals surface area contributed by atoms with Crippen LogP contribution in [0.5, 0.6) is 0 Å². The number of ether oxygens (including phenoxy) is 1. The maximum atomic E-state index is 13.4. The molecule has 0 bridgehead atoms. The summed E-state index contributed by atoms with van der Waals surface area (Å²) in [4.78, 5) is 26.7. The second-order valence-electron chi connectivity index (χ2n) is 8.79. The molecular weight excluding hydrogens is 422 g/mol. The molecule has 1 saturated carbocycles. The van der Waals surface area contributed by atoms with Crippen LogP contribution < -0.4 is 0 Å². The van der Waals surface area contributed by atoms with Crippen molar-refractivity contribution >= 4 is 11.9 Å². The number of hydrogen-bond donors (Lipinski definition) is 0. The molecule has 0 N–H and O–H groups in total. The average molecular weight is 466 g/mol. The first-order chi connectivity index (χ1) is 16.4. The van der Waals surface area contributed by atoms with Crippen molar-refractivity contribution in [2.75, 3.05) is 13.7 Å². The summed E-state index contributed by atoms with van der Waals surface area (Å²) in [6.45, 7) is 8.99. The SMILES string of the molecule is C/C=C\C=C=C(C=CCC(=O)OC)/C=C/N(CC/C(C)=C/C=C(/C)CC)C(=O)C1CCCCC1. The van der Waals surface area contributed by atoms with Gasteiger partial charge in [-0.1, -0.05) is 73.8 Å². The smallest absolute Gasteiger partial charge is 0.309 e. The third-order valence-electron chi connectivity index (χ3n) is 5.98. The summed E-state index contributed by atoms with van der Waals surface area (Å²) < 4.78 is 4.70. The Kier molecular flexibility index (Phi) is 15.1. The highest BCUT2D eigenvalue weighted by atomic mass is 16.5. The largest absolute Gasteiger partial charge is 0.469 e. The van der Waals surface area contributed by atoms with Gasteiger partial charge in [0.15, 0.2) is 0 Å². The monoisotopic (exact) mass is 465 g/mol. The van der Waals surface area contributed by atoms with E-state index in [4.69, 9.17) is 4.74 Å². The van der Waals surface area contributed by atoms with Crippen molar-refractivity contribution in [1.82, 2.24) is 4.90 Å². The van der Waals surface area contributed by atoms with E-state index in [1.165, 1.54) is 24.7 Å². The van der Waals surface area contributed by atoms with Crippen molar-refractivity contribution < 1.29 is 14.3 Å². The fourth-order valence-electron chi connectivity index (χ4n) is 3.55. The minimum absolute atomic E-state index is 0.103. The van der Waals surface area contributed by atoms with Gasteiger partial charge in [0, 0.05) is 24.2 Å². The van der Waals surface area contributed by atoms with Gasteiger partial charge in [-0.2, -0.15) is 0 Å². The number of hydrogen-bond acceptors (Lipinski definition) is 3. The van der Waals surface area contributed by atoms with Crippen LogP contribution in [-0.2, 0) is 14.3 Å². The van der Waals surface area contributed by atoms with E-state index in [1.54, 1.807) is 6.08 Å². The Balaban J connectivity index is 3.09. The van der Waals surface area contributed by atoms with Crippen LogP contribution in [0.25, 0.3) is 0 Å². The van der Waals surface area contributed by atoms with E-state index < -0.39 is 0 Å². The molecule has 0 saturated heterocycles. The summed E-state index contributed by atoms with van der Waals surface area (Å²) in [5.74, 6) is 0.0193. The van der Waals surface area contributed by atoms with Crippen LogP contribution in [-0.4, -0.2) is 30.4 Å². The van der Waals surface area contributed by atoms with E-state index in [9.17, 15) is 9.59 Å². The molecule has 0 heterocycles. The molecular formula is C30H43NO3. The van der Waals surface area contributed by atoms with E-state index in [0.29, 0.717) is 6.54 Å². The van der Waals surface area contributed by atoms with Crippen LogP contribution in [0.4, 0.5) is 0 Å². The maximum absolute atomic E-state index is 13.4. The van der Waals surface area contributed by atoms with Crippen LogP contribution in [0.3, 0.4) is 0 Å². The Morgan fingerprint density at radius 1 is 1.06 bits per heavy atom. The van der Waals surface area contributed by atoms with Gasteiger partial charge in [-0.05, 0) is 58.6 Å². The van der Waals surface area contributed by atoms with Crippen molar-refractivity contribution in [1.29, 1.82) is 0 Å².